The Morgan fingerprint density at radius 2 is 2.53 bits per heavy atom. The Labute approximate surface area is 100.0 Å². The first-order valence-corrected chi connectivity index (χ1v) is 5.83. The van der Waals surface area contributed by atoms with Crippen LogP contribution >= 0.6 is 0 Å². The van der Waals surface area contributed by atoms with E-state index in [1.54, 1.807) is 6.33 Å². The second kappa shape index (κ2) is 5.24. The number of hydrogen-bond donors (Lipinski definition) is 2. The van der Waals surface area contributed by atoms with Gasteiger partial charge in [-0.3, -0.25) is 9.69 Å². The smallest absolute Gasteiger partial charge is 0.236 e. The monoisotopic (exact) mass is 238 g/mol. The molecule has 1 fully saturated rings. The van der Waals surface area contributed by atoms with Gasteiger partial charge in [0.15, 0.2) is 0 Å². The number of carbonyl (C=O) groups is 1. The molecule has 7 heteroatoms. The van der Waals surface area contributed by atoms with Crippen LogP contribution in [0.25, 0.3) is 0 Å². The second-order valence-corrected chi connectivity index (χ2v) is 4.08. The first-order chi connectivity index (χ1) is 8.22. The van der Waals surface area contributed by atoms with Gasteiger partial charge < -0.3 is 11.1 Å². The summed E-state index contributed by atoms with van der Waals surface area (Å²) in [5.74, 6) is 0.584. The number of hydrogen-bond acceptors (Lipinski definition) is 5. The van der Waals surface area contributed by atoms with Gasteiger partial charge in [0.1, 0.15) is 18.2 Å². The van der Waals surface area contributed by atoms with Gasteiger partial charge in [0.2, 0.25) is 5.91 Å². The van der Waals surface area contributed by atoms with Crippen molar-refractivity contribution in [3.8, 4) is 0 Å². The van der Waals surface area contributed by atoms with Gasteiger partial charge in [0.25, 0.3) is 0 Å². The zero-order chi connectivity index (χ0) is 12.3. The molecular formula is C10H18N6O. The standard InChI is InChI=1S/C10H18N6O/c1-2-16-9(13-7-14-16)6-15-4-3-12-5-8(15)10(11)17/h7-8,12H,2-6H2,1H3,(H2,11,17). The predicted molar refractivity (Wildman–Crippen MR) is 62.0 cm³/mol. The highest BCUT2D eigenvalue weighted by atomic mass is 16.1. The van der Waals surface area contributed by atoms with Crippen molar-refractivity contribution in [2.24, 2.45) is 5.73 Å². The molecule has 7 nitrogen and oxygen atoms in total. The maximum atomic E-state index is 11.3. The van der Waals surface area contributed by atoms with Crippen molar-refractivity contribution in [1.29, 1.82) is 0 Å². The summed E-state index contributed by atoms with van der Waals surface area (Å²) in [6, 6.07) is -0.259. The fourth-order valence-electron chi connectivity index (χ4n) is 2.07. The molecule has 1 amide bonds. The molecule has 1 aliphatic heterocycles. The number of nitrogens with one attached hydrogen (secondary N) is 1. The van der Waals surface area contributed by atoms with Gasteiger partial charge in [0.05, 0.1) is 6.54 Å². The third-order valence-electron chi connectivity index (χ3n) is 3.02. The maximum absolute atomic E-state index is 11.3. The van der Waals surface area contributed by atoms with E-state index in [0.717, 1.165) is 25.5 Å². The quantitative estimate of drug-likeness (QED) is 0.670. The Morgan fingerprint density at radius 3 is 3.24 bits per heavy atom. The Bertz CT molecular complexity index is 390. The van der Waals surface area contributed by atoms with Crippen LogP contribution in [0.3, 0.4) is 0 Å². The first-order valence-electron chi connectivity index (χ1n) is 5.83. The second-order valence-electron chi connectivity index (χ2n) is 4.08. The molecule has 1 saturated heterocycles. The van der Waals surface area contributed by atoms with Crippen LogP contribution in [0.1, 0.15) is 12.7 Å². The van der Waals surface area contributed by atoms with Crippen LogP contribution in [-0.2, 0) is 17.9 Å². The summed E-state index contributed by atoms with van der Waals surface area (Å²) in [5.41, 5.74) is 5.39. The number of amides is 1. The van der Waals surface area contributed by atoms with Gasteiger partial charge in [-0.05, 0) is 6.92 Å². The summed E-state index contributed by atoms with van der Waals surface area (Å²) in [6.45, 7) is 5.68. The topological polar surface area (TPSA) is 89.1 Å². The molecule has 1 unspecified atom stereocenters. The van der Waals surface area contributed by atoms with Crippen molar-refractivity contribution in [3.05, 3.63) is 12.2 Å². The highest BCUT2D eigenvalue weighted by molar-refractivity contribution is 5.80. The molecule has 17 heavy (non-hydrogen) atoms. The van der Waals surface area contributed by atoms with Gasteiger partial charge in [-0.2, -0.15) is 5.10 Å². The summed E-state index contributed by atoms with van der Waals surface area (Å²) >= 11 is 0. The van der Waals surface area contributed by atoms with Crippen LogP contribution in [0.5, 0.6) is 0 Å². The molecule has 2 rings (SSSR count). The lowest BCUT2D eigenvalue weighted by molar-refractivity contribution is -0.124. The van der Waals surface area contributed by atoms with Crippen LogP contribution < -0.4 is 11.1 Å². The molecule has 0 bridgehead atoms. The van der Waals surface area contributed by atoms with E-state index in [1.807, 2.05) is 11.6 Å². The minimum atomic E-state index is -0.292. The summed E-state index contributed by atoms with van der Waals surface area (Å²) in [7, 11) is 0. The van der Waals surface area contributed by atoms with Crippen LogP contribution in [0, 0.1) is 0 Å². The largest absolute Gasteiger partial charge is 0.368 e. The van der Waals surface area contributed by atoms with E-state index in [2.05, 4.69) is 20.3 Å². The molecule has 2 heterocycles. The SMILES string of the molecule is CCn1ncnc1CN1CCNCC1C(N)=O. The number of rotatable bonds is 4. The van der Waals surface area contributed by atoms with E-state index in [9.17, 15) is 4.79 Å². The Kier molecular flexibility index (Phi) is 3.70. The van der Waals surface area contributed by atoms with Crippen LogP contribution in [0.2, 0.25) is 0 Å². The lowest BCUT2D eigenvalue weighted by Crippen LogP contribution is -2.56. The fraction of sp³-hybridized carbons (Fsp3) is 0.700. The minimum Gasteiger partial charge on any atom is -0.368 e. The van der Waals surface area contributed by atoms with E-state index in [4.69, 9.17) is 5.73 Å². The molecule has 0 radical (unpaired) electrons. The van der Waals surface area contributed by atoms with Crippen molar-refractivity contribution in [2.75, 3.05) is 19.6 Å². The van der Waals surface area contributed by atoms with E-state index < -0.39 is 0 Å². The highest BCUT2D eigenvalue weighted by Crippen LogP contribution is 2.08. The normalized spacial score (nSPS) is 21.6. The van der Waals surface area contributed by atoms with Gasteiger partial charge >= 0.3 is 0 Å². The summed E-state index contributed by atoms with van der Waals surface area (Å²) in [6.07, 6.45) is 1.54. The number of nitrogens with zero attached hydrogens (tertiary/aromatic N) is 4. The number of aryl methyl sites for hydroxylation is 1. The average Bonchev–Trinajstić information content (AvgIpc) is 2.77. The summed E-state index contributed by atoms with van der Waals surface area (Å²) < 4.78 is 1.83. The molecular weight excluding hydrogens is 220 g/mol. The van der Waals surface area contributed by atoms with Crippen molar-refractivity contribution in [2.45, 2.75) is 26.1 Å². The summed E-state index contributed by atoms with van der Waals surface area (Å²) in [5, 5.41) is 7.29. The van der Waals surface area contributed by atoms with Crippen LogP contribution in [0.15, 0.2) is 6.33 Å². The average molecular weight is 238 g/mol. The lowest BCUT2D eigenvalue weighted by Gasteiger charge is -2.33. The lowest BCUT2D eigenvalue weighted by atomic mass is 10.2. The zero-order valence-corrected chi connectivity index (χ0v) is 9.96. The molecule has 94 valence electrons. The molecule has 1 aromatic rings. The maximum Gasteiger partial charge on any atom is 0.236 e. The number of primary amides is 1. The van der Waals surface area contributed by atoms with E-state index in [1.165, 1.54) is 0 Å². The number of piperazine rings is 1. The molecule has 1 aromatic heterocycles. The molecule has 0 spiro atoms. The third-order valence-corrected chi connectivity index (χ3v) is 3.02. The Balaban J connectivity index is 2.08. The molecule has 1 atom stereocenters. The van der Waals surface area contributed by atoms with E-state index >= 15 is 0 Å². The zero-order valence-electron chi connectivity index (χ0n) is 9.96. The highest BCUT2D eigenvalue weighted by Gasteiger charge is 2.27. The van der Waals surface area contributed by atoms with Gasteiger partial charge in [0, 0.05) is 26.2 Å². The number of aromatic nitrogens is 3. The molecule has 0 aliphatic carbocycles. The van der Waals surface area contributed by atoms with Gasteiger partial charge in [-0.25, -0.2) is 9.67 Å². The fourth-order valence-corrected chi connectivity index (χ4v) is 2.07. The minimum absolute atomic E-state index is 0.259. The van der Waals surface area contributed by atoms with Crippen molar-refractivity contribution >= 4 is 5.91 Å². The third kappa shape index (κ3) is 2.62. The number of carbonyl (C=O) groups excluding carboxylic acids is 1. The summed E-state index contributed by atoms with van der Waals surface area (Å²) in [4.78, 5) is 17.6. The first kappa shape index (κ1) is 12.0. The van der Waals surface area contributed by atoms with Crippen molar-refractivity contribution in [3.63, 3.8) is 0 Å². The Hall–Kier alpha value is -1.47. The predicted octanol–water partition coefficient (Wildman–Crippen LogP) is -1.44. The van der Waals surface area contributed by atoms with Crippen LogP contribution in [-0.4, -0.2) is 51.2 Å². The Morgan fingerprint density at radius 1 is 1.71 bits per heavy atom. The van der Waals surface area contributed by atoms with Crippen LogP contribution in [0.4, 0.5) is 0 Å². The van der Waals surface area contributed by atoms with Crippen molar-refractivity contribution in [1.82, 2.24) is 25.0 Å². The van der Waals surface area contributed by atoms with Gasteiger partial charge in [-0.1, -0.05) is 0 Å². The molecule has 0 saturated carbocycles. The van der Waals surface area contributed by atoms with E-state index in [-0.39, 0.29) is 11.9 Å². The molecule has 1 aliphatic rings. The van der Waals surface area contributed by atoms with E-state index in [0.29, 0.717) is 13.1 Å². The van der Waals surface area contributed by atoms with Gasteiger partial charge in [-0.15, -0.1) is 0 Å². The molecule has 0 aromatic carbocycles. The molecule has 3 N–H and O–H groups in total. The van der Waals surface area contributed by atoms with Crippen molar-refractivity contribution < 1.29 is 4.79 Å². The number of nitrogens with two attached hydrogens (primary N) is 1.